The largest absolute Gasteiger partial charge is 0.508 e. The van der Waals surface area contributed by atoms with Gasteiger partial charge in [-0.05, 0) is 49.8 Å². The predicted octanol–water partition coefficient (Wildman–Crippen LogP) is -1.72. The van der Waals surface area contributed by atoms with Crippen LogP contribution in [-0.2, 0) is 25.6 Å². The van der Waals surface area contributed by atoms with E-state index in [1.54, 1.807) is 19.1 Å². The number of carbonyl (C=O) groups excluding carboxylic acids is 3. The second-order valence-electron chi connectivity index (χ2n) is 9.42. The Morgan fingerprint density at radius 3 is 2.05 bits per heavy atom. The Kier molecular flexibility index (Phi) is 13.7. The molecule has 0 aliphatic rings. The maximum absolute atomic E-state index is 13.3. The molecule has 0 saturated heterocycles. The number of aliphatic carboxylic acids is 1. The topological polar surface area (TPSA) is 255 Å². The van der Waals surface area contributed by atoms with Gasteiger partial charge in [-0.2, -0.15) is 0 Å². The molecule has 14 heteroatoms. The van der Waals surface area contributed by atoms with Crippen LogP contribution in [-0.4, -0.2) is 81.8 Å². The lowest BCUT2D eigenvalue weighted by Crippen LogP contribution is -2.59. The molecule has 0 aromatic heterocycles. The summed E-state index contributed by atoms with van der Waals surface area (Å²) >= 11 is 0. The molecule has 14 nitrogen and oxygen atoms in total. The quantitative estimate of drug-likeness (QED) is 0.0638. The normalized spacial score (nSPS) is 15.5. The van der Waals surface area contributed by atoms with Gasteiger partial charge in [0.1, 0.15) is 17.8 Å². The molecule has 0 bridgehead atoms. The summed E-state index contributed by atoms with van der Waals surface area (Å²) in [7, 11) is 0. The zero-order chi connectivity index (χ0) is 29.7. The van der Waals surface area contributed by atoms with Crippen molar-refractivity contribution in [2.45, 2.75) is 76.7 Å². The van der Waals surface area contributed by atoms with Gasteiger partial charge < -0.3 is 48.5 Å². The molecule has 218 valence electrons. The number of nitrogens with one attached hydrogen (secondary N) is 3. The van der Waals surface area contributed by atoms with Crippen LogP contribution in [0.1, 0.15) is 45.6 Å². The highest BCUT2D eigenvalue weighted by Gasteiger charge is 2.33. The number of aliphatic hydroxyl groups excluding tert-OH is 1. The summed E-state index contributed by atoms with van der Waals surface area (Å²) in [5, 5.41) is 36.0. The summed E-state index contributed by atoms with van der Waals surface area (Å²) in [6, 6.07) is 1.36. The zero-order valence-corrected chi connectivity index (χ0v) is 22.5. The molecule has 0 heterocycles. The average Bonchev–Trinajstić information content (AvgIpc) is 2.87. The van der Waals surface area contributed by atoms with Crippen molar-refractivity contribution >= 4 is 29.7 Å². The van der Waals surface area contributed by atoms with Crippen molar-refractivity contribution in [3.05, 3.63) is 29.8 Å². The molecule has 39 heavy (non-hydrogen) atoms. The molecule has 1 aromatic rings. The number of guanidine groups is 1. The van der Waals surface area contributed by atoms with Crippen LogP contribution in [0.4, 0.5) is 0 Å². The molecule has 0 radical (unpaired) electrons. The van der Waals surface area contributed by atoms with E-state index in [0.29, 0.717) is 12.0 Å². The minimum atomic E-state index is -1.60. The predicted molar refractivity (Wildman–Crippen MR) is 144 cm³/mol. The first-order valence-electron chi connectivity index (χ1n) is 12.7. The van der Waals surface area contributed by atoms with E-state index < -0.39 is 54.0 Å². The molecule has 12 N–H and O–H groups in total. The monoisotopic (exact) mass is 551 g/mol. The summed E-state index contributed by atoms with van der Waals surface area (Å²) in [4.78, 5) is 54.4. The summed E-state index contributed by atoms with van der Waals surface area (Å²) < 4.78 is 0. The van der Waals surface area contributed by atoms with Gasteiger partial charge in [-0.1, -0.05) is 32.4 Å². The second-order valence-corrected chi connectivity index (χ2v) is 9.42. The number of aromatic hydroxyl groups is 1. The SMILES string of the molecule is CCC(C)C(NC(=O)C(N)Cc1ccc(O)cc1)C(=O)NC(CCCN=C(N)N)C(=O)NC(C(=O)O)C(C)O. The molecule has 1 rings (SSSR count). The highest BCUT2D eigenvalue weighted by atomic mass is 16.4. The fraction of sp³-hybridized carbons (Fsp3) is 0.560. The first kappa shape index (κ1) is 33.1. The molecular weight excluding hydrogens is 510 g/mol. The first-order valence-corrected chi connectivity index (χ1v) is 12.7. The third-order valence-corrected chi connectivity index (χ3v) is 6.15. The number of benzene rings is 1. The number of aliphatic hydroxyl groups is 1. The van der Waals surface area contributed by atoms with Gasteiger partial charge in [0.15, 0.2) is 12.0 Å². The highest BCUT2D eigenvalue weighted by molar-refractivity contribution is 5.94. The van der Waals surface area contributed by atoms with Gasteiger partial charge in [0, 0.05) is 6.54 Å². The zero-order valence-electron chi connectivity index (χ0n) is 22.5. The van der Waals surface area contributed by atoms with Gasteiger partial charge in [0.25, 0.3) is 0 Å². The van der Waals surface area contributed by atoms with Crippen molar-refractivity contribution in [2.75, 3.05) is 6.54 Å². The lowest BCUT2D eigenvalue weighted by atomic mass is 9.96. The highest BCUT2D eigenvalue weighted by Crippen LogP contribution is 2.13. The van der Waals surface area contributed by atoms with Gasteiger partial charge in [-0.15, -0.1) is 0 Å². The Balaban J connectivity index is 3.04. The van der Waals surface area contributed by atoms with E-state index in [-0.39, 0.29) is 43.4 Å². The lowest BCUT2D eigenvalue weighted by molar-refractivity contribution is -0.145. The van der Waals surface area contributed by atoms with Gasteiger partial charge in [-0.3, -0.25) is 19.4 Å². The van der Waals surface area contributed by atoms with Crippen molar-refractivity contribution < 1.29 is 34.5 Å². The molecule has 0 fully saturated rings. The fourth-order valence-corrected chi connectivity index (χ4v) is 3.62. The van der Waals surface area contributed by atoms with Gasteiger partial charge in [-0.25, -0.2) is 4.79 Å². The van der Waals surface area contributed by atoms with Crippen LogP contribution in [0.5, 0.6) is 5.75 Å². The summed E-state index contributed by atoms with van der Waals surface area (Å²) in [6.45, 7) is 4.93. The number of hydrogen-bond acceptors (Lipinski definition) is 8. The molecular formula is C25H41N7O7. The average molecular weight is 552 g/mol. The van der Waals surface area contributed by atoms with Crippen LogP contribution in [0.2, 0.25) is 0 Å². The minimum Gasteiger partial charge on any atom is -0.508 e. The Morgan fingerprint density at radius 2 is 1.54 bits per heavy atom. The van der Waals surface area contributed by atoms with E-state index in [2.05, 4.69) is 20.9 Å². The van der Waals surface area contributed by atoms with Crippen LogP contribution < -0.4 is 33.2 Å². The Labute approximate surface area is 227 Å². The third kappa shape index (κ3) is 11.6. The number of aliphatic imine (C=N–C) groups is 1. The smallest absolute Gasteiger partial charge is 0.328 e. The van der Waals surface area contributed by atoms with Crippen molar-refractivity contribution in [1.29, 1.82) is 0 Å². The molecule has 6 atom stereocenters. The van der Waals surface area contributed by atoms with E-state index in [1.165, 1.54) is 19.1 Å². The van der Waals surface area contributed by atoms with Gasteiger partial charge in [0.05, 0.1) is 12.1 Å². The van der Waals surface area contributed by atoms with Crippen molar-refractivity contribution in [3.63, 3.8) is 0 Å². The van der Waals surface area contributed by atoms with E-state index in [4.69, 9.17) is 17.2 Å². The Morgan fingerprint density at radius 1 is 0.949 bits per heavy atom. The molecule has 0 aliphatic carbocycles. The number of phenolic OH excluding ortho intramolecular Hbond substituents is 1. The molecule has 6 unspecified atom stereocenters. The number of carboxylic acids is 1. The fourth-order valence-electron chi connectivity index (χ4n) is 3.62. The number of hydrogen-bond donors (Lipinski definition) is 9. The van der Waals surface area contributed by atoms with Crippen LogP contribution >= 0.6 is 0 Å². The summed E-state index contributed by atoms with van der Waals surface area (Å²) in [6.07, 6.45) is -0.419. The van der Waals surface area contributed by atoms with Gasteiger partial charge >= 0.3 is 5.97 Å². The van der Waals surface area contributed by atoms with E-state index in [0.717, 1.165) is 0 Å². The van der Waals surface area contributed by atoms with Crippen LogP contribution in [0, 0.1) is 5.92 Å². The molecule has 0 saturated carbocycles. The second kappa shape index (κ2) is 16.1. The number of nitrogens with two attached hydrogens (primary N) is 3. The van der Waals surface area contributed by atoms with Crippen LogP contribution in [0.25, 0.3) is 0 Å². The van der Waals surface area contributed by atoms with Crippen molar-refractivity contribution in [1.82, 2.24) is 16.0 Å². The van der Waals surface area contributed by atoms with E-state index in [9.17, 15) is 34.5 Å². The number of phenols is 1. The number of carbonyl (C=O) groups is 4. The third-order valence-electron chi connectivity index (χ3n) is 6.15. The molecule has 0 aliphatic heterocycles. The van der Waals surface area contributed by atoms with Crippen molar-refractivity contribution in [3.8, 4) is 5.75 Å². The maximum Gasteiger partial charge on any atom is 0.328 e. The number of carboxylic acid groups (broad SMARTS) is 1. The van der Waals surface area contributed by atoms with E-state index >= 15 is 0 Å². The minimum absolute atomic E-state index is 0.0437. The molecule has 1 aromatic carbocycles. The standard InChI is InChI=1S/C25H41N7O7/c1-4-13(2)19(31-21(35)17(26)12-15-7-9-16(34)10-8-15)23(37)30-18(6-5-11-29-25(27)28)22(36)32-20(14(3)33)24(38)39/h7-10,13-14,17-20,33-34H,4-6,11-12,26H2,1-3H3,(H,30,37)(H,31,35)(H,32,36)(H,38,39)(H4,27,28,29). The number of rotatable bonds is 16. The van der Waals surface area contributed by atoms with Crippen molar-refractivity contribution in [2.24, 2.45) is 28.1 Å². The van der Waals surface area contributed by atoms with Crippen LogP contribution in [0.15, 0.2) is 29.3 Å². The summed E-state index contributed by atoms with van der Waals surface area (Å²) in [5.74, 6) is -3.95. The Hall–Kier alpha value is -3.91. The lowest BCUT2D eigenvalue weighted by Gasteiger charge is -2.28. The summed E-state index contributed by atoms with van der Waals surface area (Å²) in [5.41, 5.74) is 17.4. The number of nitrogens with zero attached hydrogens (tertiary/aromatic N) is 1. The number of amides is 3. The Bertz CT molecular complexity index is 997. The molecule has 0 spiro atoms. The first-order chi connectivity index (χ1) is 18.3. The maximum atomic E-state index is 13.3. The van der Waals surface area contributed by atoms with E-state index in [1.807, 2.05) is 6.92 Å². The molecule has 3 amide bonds. The van der Waals surface area contributed by atoms with Gasteiger partial charge in [0.2, 0.25) is 17.7 Å². The van der Waals surface area contributed by atoms with Crippen LogP contribution in [0.3, 0.4) is 0 Å².